The first-order chi connectivity index (χ1) is 15.6. The van der Waals surface area contributed by atoms with E-state index >= 15 is 0 Å². The molecule has 2 fully saturated rings. The van der Waals surface area contributed by atoms with Crippen molar-refractivity contribution in [3.05, 3.63) is 41.8 Å². The van der Waals surface area contributed by atoms with Crippen molar-refractivity contribution in [3.8, 4) is 5.75 Å². The highest BCUT2D eigenvalue weighted by molar-refractivity contribution is 5.97. The molecule has 9 nitrogen and oxygen atoms in total. The van der Waals surface area contributed by atoms with E-state index in [9.17, 15) is 4.79 Å². The molecule has 5 rings (SSSR count). The van der Waals surface area contributed by atoms with Gasteiger partial charge in [0.15, 0.2) is 17.1 Å². The van der Waals surface area contributed by atoms with Crippen LogP contribution >= 0.6 is 0 Å². The van der Waals surface area contributed by atoms with Crippen molar-refractivity contribution in [2.75, 3.05) is 69.4 Å². The minimum absolute atomic E-state index is 0.109. The third kappa shape index (κ3) is 3.95. The van der Waals surface area contributed by atoms with Gasteiger partial charge in [-0.1, -0.05) is 12.1 Å². The van der Waals surface area contributed by atoms with Crippen molar-refractivity contribution in [1.29, 1.82) is 0 Å². The highest BCUT2D eigenvalue weighted by Gasteiger charge is 2.27. The Bertz CT molecular complexity index is 1120. The predicted molar refractivity (Wildman–Crippen MR) is 121 cm³/mol. The number of furan rings is 1. The normalized spacial score (nSPS) is 17.1. The van der Waals surface area contributed by atoms with E-state index in [1.54, 1.807) is 13.2 Å². The molecular formula is C23H27N5O4. The van der Waals surface area contributed by atoms with E-state index in [4.69, 9.17) is 18.9 Å². The molecule has 2 aliphatic rings. The van der Waals surface area contributed by atoms with Crippen molar-refractivity contribution in [2.45, 2.75) is 6.92 Å². The molecule has 2 saturated heterocycles. The zero-order valence-corrected chi connectivity index (χ0v) is 18.4. The van der Waals surface area contributed by atoms with Crippen LogP contribution in [-0.2, 0) is 4.74 Å². The smallest absolute Gasteiger partial charge is 0.289 e. The fourth-order valence-corrected chi connectivity index (χ4v) is 4.20. The van der Waals surface area contributed by atoms with Crippen molar-refractivity contribution in [3.63, 3.8) is 0 Å². The fraction of sp³-hybridized carbons (Fsp3) is 0.435. The number of ether oxygens (including phenoxy) is 2. The number of rotatable bonds is 4. The average Bonchev–Trinajstić information content (AvgIpc) is 3.28. The van der Waals surface area contributed by atoms with E-state index in [1.165, 1.54) is 0 Å². The Hall–Kier alpha value is -3.33. The third-order valence-electron chi connectivity index (χ3n) is 5.95. The zero-order valence-electron chi connectivity index (χ0n) is 18.4. The molecule has 4 heterocycles. The maximum Gasteiger partial charge on any atom is 0.289 e. The van der Waals surface area contributed by atoms with Gasteiger partial charge in [-0.25, -0.2) is 4.98 Å². The Labute approximate surface area is 186 Å². The molecule has 168 valence electrons. The van der Waals surface area contributed by atoms with Crippen LogP contribution in [0.3, 0.4) is 0 Å². The summed E-state index contributed by atoms with van der Waals surface area (Å²) in [4.78, 5) is 28.7. The van der Waals surface area contributed by atoms with Gasteiger partial charge in [0, 0.05) is 56.4 Å². The second-order valence-electron chi connectivity index (χ2n) is 8.04. The number of benzene rings is 1. The quantitative estimate of drug-likeness (QED) is 0.615. The van der Waals surface area contributed by atoms with E-state index in [-0.39, 0.29) is 5.91 Å². The molecule has 0 N–H and O–H groups in total. The number of para-hydroxylation sites is 1. The number of amides is 1. The molecule has 0 saturated carbocycles. The molecule has 0 atom stereocenters. The third-order valence-corrected chi connectivity index (χ3v) is 5.95. The molecule has 1 aromatic carbocycles. The molecule has 3 aromatic rings. The lowest BCUT2D eigenvalue weighted by Crippen LogP contribution is -2.49. The van der Waals surface area contributed by atoms with Crippen molar-refractivity contribution in [2.24, 2.45) is 0 Å². The minimum Gasteiger partial charge on any atom is -0.493 e. The van der Waals surface area contributed by atoms with Gasteiger partial charge in [0.05, 0.1) is 20.3 Å². The van der Waals surface area contributed by atoms with E-state index < -0.39 is 0 Å². The molecule has 0 aliphatic carbocycles. The van der Waals surface area contributed by atoms with Gasteiger partial charge in [0.25, 0.3) is 5.91 Å². The second kappa shape index (κ2) is 8.66. The van der Waals surface area contributed by atoms with Crippen molar-refractivity contribution in [1.82, 2.24) is 14.9 Å². The number of hydrogen-bond acceptors (Lipinski definition) is 8. The van der Waals surface area contributed by atoms with Crippen LogP contribution in [0.25, 0.3) is 11.0 Å². The number of morpholine rings is 1. The van der Waals surface area contributed by atoms with Crippen LogP contribution in [0.5, 0.6) is 5.75 Å². The molecule has 2 aliphatic heterocycles. The minimum atomic E-state index is -0.109. The van der Waals surface area contributed by atoms with Crippen molar-refractivity contribution < 1.29 is 18.7 Å². The molecule has 1 amide bonds. The number of methoxy groups -OCH3 is 1. The van der Waals surface area contributed by atoms with E-state index in [0.717, 1.165) is 30.0 Å². The Morgan fingerprint density at radius 3 is 2.53 bits per heavy atom. The van der Waals surface area contributed by atoms with Crippen LogP contribution < -0.4 is 14.5 Å². The Kier molecular flexibility index (Phi) is 5.57. The Morgan fingerprint density at radius 1 is 1.00 bits per heavy atom. The van der Waals surface area contributed by atoms with Gasteiger partial charge >= 0.3 is 0 Å². The molecule has 0 spiro atoms. The van der Waals surface area contributed by atoms with Gasteiger partial charge in [-0.3, -0.25) is 4.79 Å². The molecule has 0 bridgehead atoms. The van der Waals surface area contributed by atoms with Gasteiger partial charge in [0.1, 0.15) is 5.82 Å². The summed E-state index contributed by atoms with van der Waals surface area (Å²) in [5.74, 6) is 2.50. The van der Waals surface area contributed by atoms with E-state index in [2.05, 4.69) is 14.8 Å². The summed E-state index contributed by atoms with van der Waals surface area (Å²) in [5.41, 5.74) is 1.53. The van der Waals surface area contributed by atoms with Crippen LogP contribution in [0.1, 0.15) is 16.2 Å². The fourth-order valence-electron chi connectivity index (χ4n) is 4.20. The topological polar surface area (TPSA) is 84.2 Å². The standard InChI is InChI=1S/C23H27N5O4/c1-16-14-20(26-10-12-31-13-11-26)25-23(24-16)28-8-6-27(7-9-28)22(29)19-15-17-4-3-5-18(30-2)21(17)32-19/h3-5,14-15H,6-13H2,1-2H3. The summed E-state index contributed by atoms with van der Waals surface area (Å²) in [7, 11) is 1.59. The monoisotopic (exact) mass is 437 g/mol. The number of carbonyl (C=O) groups excluding carboxylic acids is 1. The Balaban J connectivity index is 1.28. The first kappa shape index (κ1) is 20.6. The highest BCUT2D eigenvalue weighted by Crippen LogP contribution is 2.29. The van der Waals surface area contributed by atoms with Crippen molar-refractivity contribution >= 4 is 28.6 Å². The predicted octanol–water partition coefficient (Wildman–Crippen LogP) is 2.34. The summed E-state index contributed by atoms with van der Waals surface area (Å²) in [6.45, 7) is 7.59. The van der Waals surface area contributed by atoms with Gasteiger partial charge < -0.3 is 28.6 Å². The van der Waals surface area contributed by atoms with Crippen LogP contribution in [0, 0.1) is 6.92 Å². The Morgan fingerprint density at radius 2 is 1.78 bits per heavy atom. The first-order valence-corrected chi connectivity index (χ1v) is 10.9. The number of hydrogen-bond donors (Lipinski definition) is 0. The molecule has 0 radical (unpaired) electrons. The van der Waals surface area contributed by atoms with Crippen LogP contribution in [0.2, 0.25) is 0 Å². The van der Waals surface area contributed by atoms with E-state index in [1.807, 2.05) is 36.1 Å². The lowest BCUT2D eigenvalue weighted by Gasteiger charge is -2.35. The SMILES string of the molecule is COc1cccc2cc(C(=O)N3CCN(c4nc(C)cc(N5CCOCC5)n4)CC3)oc12. The number of nitrogens with zero attached hydrogens (tertiary/aromatic N) is 5. The van der Waals surface area contributed by atoms with E-state index in [0.29, 0.717) is 62.4 Å². The van der Waals surface area contributed by atoms with Crippen LogP contribution in [-0.4, -0.2) is 80.4 Å². The largest absolute Gasteiger partial charge is 0.493 e. The van der Waals surface area contributed by atoms with Crippen LogP contribution in [0.4, 0.5) is 11.8 Å². The zero-order chi connectivity index (χ0) is 22.1. The number of carbonyl (C=O) groups is 1. The summed E-state index contributed by atoms with van der Waals surface area (Å²) in [6, 6.07) is 9.43. The lowest BCUT2D eigenvalue weighted by atomic mass is 10.2. The molecule has 9 heteroatoms. The number of aryl methyl sites for hydroxylation is 1. The molecule has 32 heavy (non-hydrogen) atoms. The molecule has 0 unspecified atom stereocenters. The lowest BCUT2D eigenvalue weighted by molar-refractivity contribution is 0.0716. The first-order valence-electron chi connectivity index (χ1n) is 10.9. The second-order valence-corrected chi connectivity index (χ2v) is 8.04. The van der Waals surface area contributed by atoms with Crippen LogP contribution in [0.15, 0.2) is 34.7 Å². The number of anilines is 2. The maximum atomic E-state index is 13.0. The summed E-state index contributed by atoms with van der Waals surface area (Å²) < 4.78 is 16.6. The van der Waals surface area contributed by atoms with Gasteiger partial charge in [-0.05, 0) is 19.1 Å². The number of fused-ring (bicyclic) bond motifs is 1. The highest BCUT2D eigenvalue weighted by atomic mass is 16.5. The summed E-state index contributed by atoms with van der Waals surface area (Å²) in [5, 5.41) is 0.857. The molecular weight excluding hydrogens is 410 g/mol. The molecule has 2 aromatic heterocycles. The summed E-state index contributed by atoms with van der Waals surface area (Å²) in [6.07, 6.45) is 0. The van der Waals surface area contributed by atoms with Gasteiger partial charge in [-0.2, -0.15) is 4.98 Å². The number of aromatic nitrogens is 2. The average molecular weight is 438 g/mol. The van der Waals surface area contributed by atoms with Gasteiger partial charge in [0.2, 0.25) is 5.95 Å². The summed E-state index contributed by atoms with van der Waals surface area (Å²) >= 11 is 0. The maximum absolute atomic E-state index is 13.0. The number of piperazine rings is 1. The van der Waals surface area contributed by atoms with Gasteiger partial charge in [-0.15, -0.1) is 0 Å².